The molecule has 0 fully saturated rings. The van der Waals surface area contributed by atoms with Crippen LogP contribution in [0.1, 0.15) is 73.1 Å². The lowest BCUT2D eigenvalue weighted by atomic mass is 10.1. The average Bonchev–Trinajstić information content (AvgIpc) is 2.05. The number of rotatable bonds is 5. The maximum atomic E-state index is 2.29. The van der Waals surface area contributed by atoms with Crippen LogP contribution in [0.15, 0.2) is 0 Å². The van der Waals surface area contributed by atoms with Crippen LogP contribution in [0.2, 0.25) is 0 Å². The molecular weight excluding hydrogens is 144 g/mol. The first-order valence-electron chi connectivity index (χ1n) is 5.68. The average molecular weight is 172 g/mol. The van der Waals surface area contributed by atoms with Gasteiger partial charge in [0.2, 0.25) is 0 Å². The Hall–Kier alpha value is 0. The van der Waals surface area contributed by atoms with Crippen molar-refractivity contribution in [2.24, 2.45) is 5.92 Å². The van der Waals surface area contributed by atoms with Gasteiger partial charge in [0.1, 0.15) is 0 Å². The molecular formula is C12H28. The molecule has 0 nitrogen and oxygen atoms in total. The highest BCUT2D eigenvalue weighted by Crippen LogP contribution is 2.06. The summed E-state index contributed by atoms with van der Waals surface area (Å²) in [5.74, 6) is 0.904. The normalized spacial score (nSPS) is 9.50. The zero-order valence-corrected chi connectivity index (χ0v) is 9.82. The van der Waals surface area contributed by atoms with Crippen LogP contribution in [0.4, 0.5) is 0 Å². The fourth-order valence-corrected chi connectivity index (χ4v) is 0.803. The zero-order valence-electron chi connectivity index (χ0n) is 9.82. The fraction of sp³-hybridized carbons (Fsp3) is 1.00. The van der Waals surface area contributed by atoms with E-state index in [2.05, 4.69) is 34.6 Å². The van der Waals surface area contributed by atoms with E-state index in [4.69, 9.17) is 0 Å². The third-order valence-electron chi connectivity index (χ3n) is 1.89. The van der Waals surface area contributed by atoms with Crippen LogP contribution in [0.3, 0.4) is 0 Å². The Bertz CT molecular complexity index is 53.1. The van der Waals surface area contributed by atoms with Crippen LogP contribution >= 0.6 is 0 Å². The maximum absolute atomic E-state index is 2.29. The molecule has 0 radical (unpaired) electrons. The summed E-state index contributed by atoms with van der Waals surface area (Å²) >= 11 is 0. The van der Waals surface area contributed by atoms with E-state index in [0.717, 1.165) is 5.92 Å². The Morgan fingerprint density at radius 1 is 0.750 bits per heavy atom. The van der Waals surface area contributed by atoms with Crippen molar-refractivity contribution in [2.75, 3.05) is 0 Å². The van der Waals surface area contributed by atoms with Gasteiger partial charge in [-0.3, -0.25) is 0 Å². The molecule has 76 valence electrons. The molecule has 0 aliphatic rings. The van der Waals surface area contributed by atoms with E-state index >= 15 is 0 Å². The number of hydrogen-bond acceptors (Lipinski definition) is 0. The highest BCUT2D eigenvalue weighted by atomic mass is 14.0. The van der Waals surface area contributed by atoms with Gasteiger partial charge >= 0.3 is 0 Å². The largest absolute Gasteiger partial charge is 0.0654 e. The first-order chi connectivity index (χ1) is 5.68. The predicted molar refractivity (Wildman–Crippen MR) is 59.6 cm³/mol. The van der Waals surface area contributed by atoms with Crippen molar-refractivity contribution in [3.05, 3.63) is 0 Å². The molecule has 12 heavy (non-hydrogen) atoms. The minimum Gasteiger partial charge on any atom is -0.0654 e. The van der Waals surface area contributed by atoms with Crippen molar-refractivity contribution in [2.45, 2.75) is 73.1 Å². The van der Waals surface area contributed by atoms with Gasteiger partial charge in [0.15, 0.2) is 0 Å². The lowest BCUT2D eigenvalue weighted by Crippen LogP contribution is -1.85. The van der Waals surface area contributed by atoms with Crippen molar-refractivity contribution >= 4 is 0 Å². The molecule has 0 aromatic rings. The third kappa shape index (κ3) is 22.5. The molecule has 0 aliphatic carbocycles. The van der Waals surface area contributed by atoms with Gasteiger partial charge < -0.3 is 0 Å². The van der Waals surface area contributed by atoms with E-state index in [9.17, 15) is 0 Å². The van der Waals surface area contributed by atoms with Crippen molar-refractivity contribution in [1.29, 1.82) is 0 Å². The number of hydrogen-bond donors (Lipinski definition) is 0. The van der Waals surface area contributed by atoms with Gasteiger partial charge in [0.25, 0.3) is 0 Å². The quantitative estimate of drug-likeness (QED) is 0.510. The molecule has 0 amide bonds. The standard InChI is InChI=1S/C8H18.C4H10/c1-4-5-6-7-8(2)3;1-3-4-2/h8H,4-7H2,1-3H3;3-4H2,1-2H3. The fourth-order valence-electron chi connectivity index (χ4n) is 0.803. The summed E-state index contributed by atoms with van der Waals surface area (Å²) in [7, 11) is 0. The summed E-state index contributed by atoms with van der Waals surface area (Å²) < 4.78 is 0. The molecule has 0 saturated heterocycles. The summed E-state index contributed by atoms with van der Waals surface area (Å²) in [6.07, 6.45) is 8.24. The Morgan fingerprint density at radius 2 is 1.25 bits per heavy atom. The van der Waals surface area contributed by atoms with E-state index in [-0.39, 0.29) is 0 Å². The van der Waals surface area contributed by atoms with Crippen molar-refractivity contribution < 1.29 is 0 Å². The van der Waals surface area contributed by atoms with E-state index in [1.54, 1.807) is 0 Å². The summed E-state index contributed by atoms with van der Waals surface area (Å²) in [4.78, 5) is 0. The zero-order chi connectivity index (χ0) is 9.82. The van der Waals surface area contributed by atoms with Crippen LogP contribution < -0.4 is 0 Å². The van der Waals surface area contributed by atoms with E-state index in [0.29, 0.717) is 0 Å². The lowest BCUT2D eigenvalue weighted by molar-refractivity contribution is 0.534. The number of unbranched alkanes of at least 4 members (excludes halogenated alkanes) is 3. The van der Waals surface area contributed by atoms with Crippen LogP contribution in [0, 0.1) is 5.92 Å². The SMILES string of the molecule is CCCC.CCCCCC(C)C. The second-order valence-electron chi connectivity index (χ2n) is 3.89. The van der Waals surface area contributed by atoms with Crippen molar-refractivity contribution in [3.63, 3.8) is 0 Å². The van der Waals surface area contributed by atoms with E-state index < -0.39 is 0 Å². The minimum absolute atomic E-state index is 0.904. The smallest absolute Gasteiger partial charge is 0.0471 e. The Balaban J connectivity index is 0. The third-order valence-corrected chi connectivity index (χ3v) is 1.89. The van der Waals surface area contributed by atoms with E-state index in [1.165, 1.54) is 38.5 Å². The molecule has 0 N–H and O–H groups in total. The van der Waals surface area contributed by atoms with Gasteiger partial charge in [-0.2, -0.15) is 0 Å². The van der Waals surface area contributed by atoms with Crippen molar-refractivity contribution in [3.8, 4) is 0 Å². The van der Waals surface area contributed by atoms with Gasteiger partial charge in [0.05, 0.1) is 0 Å². The molecule has 0 aliphatic heterocycles. The Morgan fingerprint density at radius 3 is 1.50 bits per heavy atom. The van der Waals surface area contributed by atoms with Crippen molar-refractivity contribution in [1.82, 2.24) is 0 Å². The van der Waals surface area contributed by atoms with Gasteiger partial charge in [-0.25, -0.2) is 0 Å². The summed E-state index contributed by atoms with van der Waals surface area (Å²) in [6, 6.07) is 0. The second kappa shape index (κ2) is 13.6. The Labute approximate surface area is 79.8 Å². The molecule has 0 saturated carbocycles. The molecule has 0 atom stereocenters. The van der Waals surface area contributed by atoms with E-state index in [1.807, 2.05) is 0 Å². The molecule has 0 aromatic heterocycles. The molecule has 0 heterocycles. The molecule has 0 aromatic carbocycles. The summed E-state index contributed by atoms with van der Waals surface area (Å²) in [5, 5.41) is 0. The molecule has 0 rings (SSSR count). The predicted octanol–water partition coefficient (Wildman–Crippen LogP) is 5.03. The van der Waals surface area contributed by atoms with Gasteiger partial charge in [0, 0.05) is 0 Å². The maximum Gasteiger partial charge on any atom is -0.0471 e. The van der Waals surface area contributed by atoms with Crippen LogP contribution in [0.5, 0.6) is 0 Å². The first kappa shape index (κ1) is 14.5. The second-order valence-corrected chi connectivity index (χ2v) is 3.89. The summed E-state index contributed by atoms with van der Waals surface area (Å²) in [5.41, 5.74) is 0. The minimum atomic E-state index is 0.904. The lowest BCUT2D eigenvalue weighted by Gasteiger charge is -2.00. The van der Waals surface area contributed by atoms with Gasteiger partial charge in [-0.1, -0.05) is 73.1 Å². The van der Waals surface area contributed by atoms with Crippen LogP contribution in [-0.4, -0.2) is 0 Å². The van der Waals surface area contributed by atoms with Gasteiger partial charge in [-0.15, -0.1) is 0 Å². The molecule has 0 heteroatoms. The highest BCUT2D eigenvalue weighted by molar-refractivity contribution is 4.44. The molecule has 0 unspecified atom stereocenters. The molecule has 0 spiro atoms. The Kier molecular flexibility index (Phi) is 16.4. The summed E-state index contributed by atoms with van der Waals surface area (Å²) in [6.45, 7) is 11.2. The van der Waals surface area contributed by atoms with Crippen LogP contribution in [-0.2, 0) is 0 Å². The topological polar surface area (TPSA) is 0 Å². The highest BCUT2D eigenvalue weighted by Gasteiger charge is 1.90. The molecule has 0 bridgehead atoms. The van der Waals surface area contributed by atoms with Crippen LogP contribution in [0.25, 0.3) is 0 Å². The van der Waals surface area contributed by atoms with Gasteiger partial charge in [-0.05, 0) is 5.92 Å². The monoisotopic (exact) mass is 172 g/mol. The first-order valence-corrected chi connectivity index (χ1v) is 5.68.